The van der Waals surface area contributed by atoms with E-state index in [-0.39, 0.29) is 0 Å². The molecular formula is C16H14BrFN2. The van der Waals surface area contributed by atoms with Crippen LogP contribution in [0.1, 0.15) is 18.1 Å². The Hall–Kier alpha value is -1.86. The van der Waals surface area contributed by atoms with Gasteiger partial charge in [0.15, 0.2) is 5.54 Å². The van der Waals surface area contributed by atoms with Crippen molar-refractivity contribution in [3.8, 4) is 6.07 Å². The zero-order valence-electron chi connectivity index (χ0n) is 11.2. The summed E-state index contributed by atoms with van der Waals surface area (Å²) in [7, 11) is 0. The summed E-state index contributed by atoms with van der Waals surface area (Å²) < 4.78 is 14.8. The number of nitriles is 1. The van der Waals surface area contributed by atoms with E-state index in [1.54, 1.807) is 19.1 Å². The van der Waals surface area contributed by atoms with Gasteiger partial charge in [-0.05, 0) is 49.7 Å². The highest BCUT2D eigenvalue weighted by molar-refractivity contribution is 9.10. The monoisotopic (exact) mass is 332 g/mol. The summed E-state index contributed by atoms with van der Waals surface area (Å²) in [4.78, 5) is 0. The van der Waals surface area contributed by atoms with Gasteiger partial charge >= 0.3 is 0 Å². The van der Waals surface area contributed by atoms with E-state index < -0.39 is 11.4 Å². The quantitative estimate of drug-likeness (QED) is 0.880. The standard InChI is InChI=1S/C16H14BrFN2/c1-11-4-3-5-13(8-11)20-16(2,10-19)14-9-12(17)6-7-15(14)18/h3-9,20H,1-2H3. The van der Waals surface area contributed by atoms with E-state index in [2.05, 4.69) is 27.3 Å². The van der Waals surface area contributed by atoms with E-state index in [4.69, 9.17) is 0 Å². The van der Waals surface area contributed by atoms with Crippen molar-refractivity contribution in [3.05, 3.63) is 63.9 Å². The molecule has 20 heavy (non-hydrogen) atoms. The van der Waals surface area contributed by atoms with Crippen LogP contribution < -0.4 is 5.32 Å². The molecule has 1 N–H and O–H groups in total. The zero-order chi connectivity index (χ0) is 14.8. The van der Waals surface area contributed by atoms with Crippen molar-refractivity contribution in [3.63, 3.8) is 0 Å². The molecule has 0 amide bonds. The van der Waals surface area contributed by atoms with Crippen LogP contribution in [-0.4, -0.2) is 0 Å². The molecule has 0 fully saturated rings. The minimum atomic E-state index is -1.14. The highest BCUT2D eigenvalue weighted by atomic mass is 79.9. The first-order valence-electron chi connectivity index (χ1n) is 6.16. The summed E-state index contributed by atoms with van der Waals surface area (Å²) in [5.74, 6) is -0.405. The fraction of sp³-hybridized carbons (Fsp3) is 0.188. The fourth-order valence-electron chi connectivity index (χ4n) is 2.05. The van der Waals surface area contributed by atoms with Crippen LogP contribution in [0.4, 0.5) is 10.1 Å². The number of halogens is 2. The Labute approximate surface area is 126 Å². The predicted octanol–water partition coefficient (Wildman–Crippen LogP) is 4.75. The average Bonchev–Trinajstić information content (AvgIpc) is 2.41. The van der Waals surface area contributed by atoms with Crippen LogP contribution in [0.5, 0.6) is 0 Å². The maximum absolute atomic E-state index is 14.0. The van der Waals surface area contributed by atoms with Crippen LogP contribution in [0.15, 0.2) is 46.9 Å². The van der Waals surface area contributed by atoms with Crippen LogP contribution in [0, 0.1) is 24.1 Å². The van der Waals surface area contributed by atoms with Gasteiger partial charge in [-0.2, -0.15) is 5.26 Å². The van der Waals surface area contributed by atoms with E-state index in [0.717, 1.165) is 15.7 Å². The van der Waals surface area contributed by atoms with Crippen molar-refractivity contribution in [2.75, 3.05) is 5.32 Å². The number of hydrogen-bond acceptors (Lipinski definition) is 2. The Morgan fingerprint density at radius 2 is 2.00 bits per heavy atom. The van der Waals surface area contributed by atoms with E-state index in [1.165, 1.54) is 6.07 Å². The molecule has 0 bridgehead atoms. The first kappa shape index (κ1) is 14.5. The van der Waals surface area contributed by atoms with Crippen molar-refractivity contribution < 1.29 is 4.39 Å². The minimum absolute atomic E-state index is 0.316. The molecule has 4 heteroatoms. The molecule has 0 aliphatic rings. The number of hydrogen-bond donors (Lipinski definition) is 1. The summed E-state index contributed by atoms with van der Waals surface area (Å²) >= 11 is 3.31. The summed E-state index contributed by atoms with van der Waals surface area (Å²) in [6, 6.07) is 14.4. The molecular weight excluding hydrogens is 319 g/mol. The number of aryl methyl sites for hydroxylation is 1. The zero-order valence-corrected chi connectivity index (χ0v) is 12.8. The molecule has 102 valence electrons. The summed E-state index contributed by atoms with van der Waals surface area (Å²) in [5, 5.41) is 12.6. The lowest BCUT2D eigenvalue weighted by atomic mass is 9.92. The van der Waals surface area contributed by atoms with E-state index in [0.29, 0.717) is 5.56 Å². The molecule has 1 atom stereocenters. The molecule has 0 spiro atoms. The lowest BCUT2D eigenvalue weighted by Gasteiger charge is -2.26. The van der Waals surface area contributed by atoms with Gasteiger partial charge in [-0.1, -0.05) is 28.1 Å². The lowest BCUT2D eigenvalue weighted by Crippen LogP contribution is -2.31. The molecule has 1 unspecified atom stereocenters. The van der Waals surface area contributed by atoms with Crippen molar-refractivity contribution in [2.45, 2.75) is 19.4 Å². The normalized spacial score (nSPS) is 13.3. The second-order valence-corrected chi connectivity index (χ2v) is 5.77. The maximum atomic E-state index is 14.0. The van der Waals surface area contributed by atoms with Gasteiger partial charge in [0.25, 0.3) is 0 Å². The van der Waals surface area contributed by atoms with Gasteiger partial charge in [0.05, 0.1) is 6.07 Å². The first-order valence-corrected chi connectivity index (χ1v) is 6.95. The van der Waals surface area contributed by atoms with Crippen molar-refractivity contribution >= 4 is 21.6 Å². The highest BCUT2D eigenvalue weighted by Gasteiger charge is 2.29. The van der Waals surface area contributed by atoms with Crippen LogP contribution in [0.3, 0.4) is 0 Å². The number of rotatable bonds is 3. The molecule has 0 aromatic heterocycles. The lowest BCUT2D eigenvalue weighted by molar-refractivity contribution is 0.570. The molecule has 0 aliphatic heterocycles. The molecule has 0 saturated heterocycles. The highest BCUT2D eigenvalue weighted by Crippen LogP contribution is 2.30. The Morgan fingerprint density at radius 1 is 1.25 bits per heavy atom. The number of nitrogens with one attached hydrogen (secondary N) is 1. The van der Waals surface area contributed by atoms with Crippen LogP contribution in [0.2, 0.25) is 0 Å². The van der Waals surface area contributed by atoms with Crippen molar-refractivity contribution in [2.24, 2.45) is 0 Å². The summed E-state index contributed by atoms with van der Waals surface area (Å²) in [6.45, 7) is 3.63. The molecule has 2 aromatic carbocycles. The van der Waals surface area contributed by atoms with Gasteiger partial charge in [-0.3, -0.25) is 0 Å². The van der Waals surface area contributed by atoms with Gasteiger partial charge < -0.3 is 5.32 Å². The average molecular weight is 333 g/mol. The van der Waals surface area contributed by atoms with Crippen LogP contribution in [-0.2, 0) is 5.54 Å². The maximum Gasteiger partial charge on any atom is 0.151 e. The fourth-order valence-corrected chi connectivity index (χ4v) is 2.41. The SMILES string of the molecule is Cc1cccc(NC(C)(C#N)c2cc(Br)ccc2F)c1. The first-order chi connectivity index (χ1) is 9.44. The third-order valence-electron chi connectivity index (χ3n) is 3.10. The number of anilines is 1. The van der Waals surface area contributed by atoms with Gasteiger partial charge in [-0.25, -0.2) is 4.39 Å². The van der Waals surface area contributed by atoms with Crippen molar-refractivity contribution in [1.29, 1.82) is 5.26 Å². The Kier molecular flexibility index (Phi) is 4.10. The molecule has 2 rings (SSSR count). The molecule has 2 aromatic rings. The second kappa shape index (κ2) is 5.64. The largest absolute Gasteiger partial charge is 0.364 e. The van der Waals surface area contributed by atoms with Gasteiger partial charge in [0.2, 0.25) is 0 Å². The Morgan fingerprint density at radius 3 is 2.65 bits per heavy atom. The third-order valence-corrected chi connectivity index (χ3v) is 3.60. The second-order valence-electron chi connectivity index (χ2n) is 4.86. The molecule has 0 aliphatic carbocycles. The van der Waals surface area contributed by atoms with Crippen molar-refractivity contribution in [1.82, 2.24) is 0 Å². The van der Waals surface area contributed by atoms with Crippen LogP contribution >= 0.6 is 15.9 Å². The van der Waals surface area contributed by atoms with E-state index >= 15 is 0 Å². The molecule has 0 saturated carbocycles. The number of nitrogens with zero attached hydrogens (tertiary/aromatic N) is 1. The predicted molar refractivity (Wildman–Crippen MR) is 81.9 cm³/mol. The Bertz CT molecular complexity index is 678. The van der Waals surface area contributed by atoms with Gasteiger partial charge in [-0.15, -0.1) is 0 Å². The van der Waals surface area contributed by atoms with E-state index in [1.807, 2.05) is 31.2 Å². The molecule has 0 radical (unpaired) electrons. The Balaban J connectivity index is 2.44. The summed E-state index contributed by atoms with van der Waals surface area (Å²) in [5.41, 5.74) is 1.04. The van der Waals surface area contributed by atoms with Gasteiger partial charge in [0, 0.05) is 15.7 Å². The topological polar surface area (TPSA) is 35.8 Å². The summed E-state index contributed by atoms with van der Waals surface area (Å²) in [6.07, 6.45) is 0. The molecule has 2 nitrogen and oxygen atoms in total. The van der Waals surface area contributed by atoms with Gasteiger partial charge in [0.1, 0.15) is 5.82 Å². The third kappa shape index (κ3) is 3.00. The number of benzene rings is 2. The molecule has 0 heterocycles. The van der Waals surface area contributed by atoms with Crippen LogP contribution in [0.25, 0.3) is 0 Å². The minimum Gasteiger partial charge on any atom is -0.364 e. The smallest absolute Gasteiger partial charge is 0.151 e. The van der Waals surface area contributed by atoms with E-state index in [9.17, 15) is 9.65 Å².